The Bertz CT molecular complexity index is 771. The van der Waals surface area contributed by atoms with E-state index in [0.29, 0.717) is 11.5 Å². The van der Waals surface area contributed by atoms with Crippen LogP contribution in [0.3, 0.4) is 0 Å². The molecule has 0 radical (unpaired) electrons. The van der Waals surface area contributed by atoms with Gasteiger partial charge in [0.15, 0.2) is 5.11 Å². The summed E-state index contributed by atoms with van der Waals surface area (Å²) in [4.78, 5) is 0. The van der Waals surface area contributed by atoms with Crippen LogP contribution in [0, 0.1) is 5.82 Å². The van der Waals surface area contributed by atoms with Crippen LogP contribution in [0.15, 0.2) is 41.5 Å². The molecule has 0 saturated carbocycles. The van der Waals surface area contributed by atoms with Crippen LogP contribution in [0.25, 0.3) is 0 Å². The van der Waals surface area contributed by atoms with Gasteiger partial charge in [-0.25, -0.2) is 4.39 Å². The maximum absolute atomic E-state index is 13.1. The van der Waals surface area contributed by atoms with Gasteiger partial charge in [-0.05, 0) is 54.2 Å². The van der Waals surface area contributed by atoms with Crippen molar-refractivity contribution in [3.05, 3.63) is 58.4 Å². The summed E-state index contributed by atoms with van der Waals surface area (Å²) in [5.74, 6) is 0.607. The van der Waals surface area contributed by atoms with E-state index >= 15 is 0 Å². The quantitative estimate of drug-likeness (QED) is 0.466. The maximum Gasteiger partial charge on any atom is 0.184 e. The summed E-state index contributed by atoms with van der Waals surface area (Å²) in [5.41, 5.74) is 9.34. The van der Waals surface area contributed by atoms with Crippen molar-refractivity contribution < 1.29 is 13.9 Å². The molecule has 0 heterocycles. The van der Waals surface area contributed by atoms with Crippen LogP contribution in [0.2, 0.25) is 5.02 Å². The number of thiocarbonyl (C=S) groups is 1. The topological polar surface area (TPSA) is 68.9 Å². The molecule has 0 aliphatic rings. The Kier molecular flexibility index (Phi) is 6.34. The molecule has 2 rings (SSSR count). The minimum atomic E-state index is -0.423. The monoisotopic (exact) mass is 367 g/mol. The molecule has 0 unspecified atom stereocenters. The highest BCUT2D eigenvalue weighted by Gasteiger charge is 2.08. The number of nitrogens with one attached hydrogen (secondary N) is 1. The number of benzene rings is 2. The summed E-state index contributed by atoms with van der Waals surface area (Å²) in [6, 6.07) is 9.38. The molecule has 2 aromatic rings. The fraction of sp³-hybridized carbons (Fsp3) is 0.125. The van der Waals surface area contributed by atoms with Crippen LogP contribution in [0.4, 0.5) is 4.39 Å². The summed E-state index contributed by atoms with van der Waals surface area (Å²) >= 11 is 10.6. The molecular weight excluding hydrogens is 353 g/mol. The average Bonchev–Trinajstić information content (AvgIpc) is 2.54. The fourth-order valence-corrected chi connectivity index (χ4v) is 2.18. The number of rotatable bonds is 6. The minimum absolute atomic E-state index is 0.0780. The van der Waals surface area contributed by atoms with Gasteiger partial charge in [-0.2, -0.15) is 5.10 Å². The van der Waals surface area contributed by atoms with Gasteiger partial charge in [0.25, 0.3) is 0 Å². The smallest absolute Gasteiger partial charge is 0.184 e. The molecule has 5 nitrogen and oxygen atoms in total. The molecule has 0 amide bonds. The van der Waals surface area contributed by atoms with Crippen molar-refractivity contribution in [3.8, 4) is 11.5 Å². The highest BCUT2D eigenvalue weighted by atomic mass is 35.5. The summed E-state index contributed by atoms with van der Waals surface area (Å²) in [6.07, 6.45) is 1.56. The number of halogens is 2. The molecule has 2 aromatic carbocycles. The predicted octanol–water partition coefficient (Wildman–Crippen LogP) is 3.23. The largest absolute Gasteiger partial charge is 0.496 e. The number of ether oxygens (including phenoxy) is 2. The van der Waals surface area contributed by atoms with Crippen molar-refractivity contribution >= 4 is 35.1 Å². The van der Waals surface area contributed by atoms with Gasteiger partial charge >= 0.3 is 0 Å². The fourth-order valence-electron chi connectivity index (χ4n) is 1.91. The highest BCUT2D eigenvalue weighted by Crippen LogP contribution is 2.27. The Morgan fingerprint density at radius 3 is 2.75 bits per heavy atom. The number of nitrogens with two attached hydrogens (primary N) is 1. The standard InChI is InChI=1S/C16H15ClFN3O2S/c1-22-14-4-2-10(8-20-21-16(19)24)6-11(14)9-23-15-5-3-12(18)7-13(15)17/h2-8H,9H2,1H3,(H3,19,21,24). The SMILES string of the molecule is COc1ccc(C=NNC(N)=S)cc1COc1ccc(F)cc1Cl. The summed E-state index contributed by atoms with van der Waals surface area (Å²) in [7, 11) is 1.56. The zero-order chi connectivity index (χ0) is 17.5. The molecule has 24 heavy (non-hydrogen) atoms. The molecular formula is C16H15ClFN3O2S. The first-order valence-electron chi connectivity index (χ1n) is 6.83. The third kappa shape index (κ3) is 5.07. The third-order valence-corrected chi connectivity index (χ3v) is 3.36. The van der Waals surface area contributed by atoms with Crippen molar-refractivity contribution in [2.24, 2.45) is 10.8 Å². The lowest BCUT2D eigenvalue weighted by atomic mass is 10.1. The second-order valence-corrected chi connectivity index (χ2v) is 5.52. The van der Waals surface area contributed by atoms with Crippen LogP contribution in [0.1, 0.15) is 11.1 Å². The van der Waals surface area contributed by atoms with E-state index in [1.54, 1.807) is 19.4 Å². The minimum Gasteiger partial charge on any atom is -0.496 e. The zero-order valence-corrected chi connectivity index (χ0v) is 14.3. The first kappa shape index (κ1) is 18.0. The van der Waals surface area contributed by atoms with E-state index in [9.17, 15) is 4.39 Å². The van der Waals surface area contributed by atoms with Gasteiger partial charge < -0.3 is 15.2 Å². The van der Waals surface area contributed by atoms with Crippen molar-refractivity contribution in [3.63, 3.8) is 0 Å². The van der Waals surface area contributed by atoms with Gasteiger partial charge in [0.2, 0.25) is 0 Å². The molecule has 0 atom stereocenters. The number of hydrogen-bond donors (Lipinski definition) is 2. The number of nitrogens with zero attached hydrogens (tertiary/aromatic N) is 1. The van der Waals surface area contributed by atoms with Gasteiger partial charge in [0, 0.05) is 5.56 Å². The molecule has 126 valence electrons. The highest BCUT2D eigenvalue weighted by molar-refractivity contribution is 7.80. The normalized spacial score (nSPS) is 10.6. The van der Waals surface area contributed by atoms with Crippen LogP contribution in [-0.2, 0) is 6.61 Å². The van der Waals surface area contributed by atoms with Crippen molar-refractivity contribution in [1.82, 2.24) is 5.43 Å². The van der Waals surface area contributed by atoms with Gasteiger partial charge in [0.1, 0.15) is 23.9 Å². The molecule has 0 aliphatic carbocycles. The Labute approximate surface area is 149 Å². The third-order valence-electron chi connectivity index (χ3n) is 2.97. The maximum atomic E-state index is 13.1. The summed E-state index contributed by atoms with van der Waals surface area (Å²) < 4.78 is 24.0. The molecule has 3 N–H and O–H groups in total. The number of methoxy groups -OCH3 is 1. The number of hydrazone groups is 1. The van der Waals surface area contributed by atoms with E-state index in [1.807, 2.05) is 12.1 Å². The van der Waals surface area contributed by atoms with Crippen LogP contribution in [-0.4, -0.2) is 18.4 Å². The summed E-state index contributed by atoms with van der Waals surface area (Å²) in [5, 5.41) is 4.17. The van der Waals surface area contributed by atoms with E-state index in [2.05, 4.69) is 22.7 Å². The second-order valence-electron chi connectivity index (χ2n) is 4.67. The Morgan fingerprint density at radius 2 is 2.08 bits per heavy atom. The molecule has 0 spiro atoms. The molecule has 0 aromatic heterocycles. The van der Waals surface area contributed by atoms with E-state index in [-0.39, 0.29) is 16.7 Å². The Balaban J connectivity index is 2.15. The van der Waals surface area contributed by atoms with Gasteiger partial charge in [-0.1, -0.05) is 11.6 Å². The lowest BCUT2D eigenvalue weighted by molar-refractivity contribution is 0.296. The van der Waals surface area contributed by atoms with E-state index in [4.69, 9.17) is 26.8 Å². The van der Waals surface area contributed by atoms with Gasteiger partial charge in [-0.3, -0.25) is 5.43 Å². The Hall–Kier alpha value is -2.38. The van der Waals surface area contributed by atoms with Crippen LogP contribution in [0.5, 0.6) is 11.5 Å². The lowest BCUT2D eigenvalue weighted by Crippen LogP contribution is -2.24. The zero-order valence-electron chi connectivity index (χ0n) is 12.8. The van der Waals surface area contributed by atoms with Crippen LogP contribution < -0.4 is 20.6 Å². The first-order chi connectivity index (χ1) is 11.5. The molecule has 0 aliphatic heterocycles. The van der Waals surface area contributed by atoms with Gasteiger partial charge in [0.05, 0.1) is 18.3 Å². The molecule has 8 heteroatoms. The average molecular weight is 368 g/mol. The van der Waals surface area contributed by atoms with Gasteiger partial charge in [-0.15, -0.1) is 0 Å². The first-order valence-corrected chi connectivity index (χ1v) is 7.61. The van der Waals surface area contributed by atoms with E-state index in [0.717, 1.165) is 11.1 Å². The van der Waals surface area contributed by atoms with E-state index in [1.165, 1.54) is 18.2 Å². The van der Waals surface area contributed by atoms with Crippen molar-refractivity contribution in [1.29, 1.82) is 0 Å². The molecule has 0 fully saturated rings. The van der Waals surface area contributed by atoms with Crippen LogP contribution >= 0.6 is 23.8 Å². The molecule has 0 saturated heterocycles. The van der Waals surface area contributed by atoms with Crippen molar-refractivity contribution in [2.75, 3.05) is 7.11 Å². The van der Waals surface area contributed by atoms with Crippen molar-refractivity contribution in [2.45, 2.75) is 6.61 Å². The Morgan fingerprint density at radius 1 is 1.33 bits per heavy atom. The lowest BCUT2D eigenvalue weighted by Gasteiger charge is -2.12. The summed E-state index contributed by atoms with van der Waals surface area (Å²) in [6.45, 7) is 0.193. The molecule has 0 bridgehead atoms. The second kappa shape index (κ2) is 8.47. The van der Waals surface area contributed by atoms with E-state index < -0.39 is 5.82 Å². The number of hydrogen-bond acceptors (Lipinski definition) is 4. The predicted molar refractivity (Wildman–Crippen MR) is 96.3 cm³/mol.